The van der Waals surface area contributed by atoms with Crippen LogP contribution < -0.4 is 4.43 Å². The second-order valence-electron chi connectivity index (χ2n) is 6.52. The minimum Gasteiger partial charge on any atom is -0.543 e. The van der Waals surface area contributed by atoms with Gasteiger partial charge in [0.1, 0.15) is 11.4 Å². The number of hydrogen-bond acceptors (Lipinski definition) is 3. The predicted octanol–water partition coefficient (Wildman–Crippen LogP) is 6.13. The average Bonchev–Trinajstić information content (AvgIpc) is 3.07. The van der Waals surface area contributed by atoms with Crippen molar-refractivity contribution < 1.29 is 4.43 Å². The molecule has 122 valence electrons. The van der Waals surface area contributed by atoms with Gasteiger partial charge in [0.2, 0.25) is 8.32 Å². The van der Waals surface area contributed by atoms with E-state index >= 15 is 0 Å². The van der Waals surface area contributed by atoms with Crippen LogP contribution in [0.2, 0.25) is 19.6 Å². The third kappa shape index (κ3) is 4.22. The summed E-state index contributed by atoms with van der Waals surface area (Å²) < 4.78 is 6.22. The van der Waals surface area contributed by atoms with E-state index in [0.29, 0.717) is 0 Å². The van der Waals surface area contributed by atoms with Crippen molar-refractivity contribution in [3.63, 3.8) is 0 Å². The molecule has 0 atom stereocenters. The Kier molecular flexibility index (Phi) is 4.97. The highest BCUT2D eigenvalue weighted by molar-refractivity contribution is 7.08. The predicted molar refractivity (Wildman–Crippen MR) is 106 cm³/mol. The Morgan fingerprint density at radius 1 is 0.875 bits per heavy atom. The standard InChI is InChI=1S/C20H21NOSSi/c1-24(2,3)22-19-12-8-7-11-18(19)21-20(17-13-14-23-15-17)16-9-5-4-6-10-16/h4-15H,1-3H3. The second-order valence-corrected chi connectivity index (χ2v) is 11.7. The highest BCUT2D eigenvalue weighted by atomic mass is 32.1. The average molecular weight is 352 g/mol. The fraction of sp³-hybridized carbons (Fsp3) is 0.150. The van der Waals surface area contributed by atoms with Gasteiger partial charge in [-0.2, -0.15) is 11.3 Å². The van der Waals surface area contributed by atoms with Gasteiger partial charge in [0.25, 0.3) is 0 Å². The highest BCUT2D eigenvalue weighted by Gasteiger charge is 2.18. The van der Waals surface area contributed by atoms with Crippen LogP contribution in [0.15, 0.2) is 76.4 Å². The SMILES string of the molecule is C[Si](C)(C)Oc1ccccc1N=C(c1ccccc1)c1ccsc1. The normalized spacial score (nSPS) is 12.2. The van der Waals surface area contributed by atoms with Crippen molar-refractivity contribution in [3.8, 4) is 5.75 Å². The van der Waals surface area contributed by atoms with Crippen LogP contribution in [0.4, 0.5) is 5.69 Å². The Hall–Kier alpha value is -2.17. The van der Waals surface area contributed by atoms with Crippen molar-refractivity contribution in [1.29, 1.82) is 0 Å². The molecule has 0 amide bonds. The molecule has 4 heteroatoms. The van der Waals surface area contributed by atoms with Crippen LogP contribution in [-0.2, 0) is 0 Å². The Labute approximate surface area is 148 Å². The largest absolute Gasteiger partial charge is 0.543 e. The zero-order valence-corrected chi connectivity index (χ0v) is 16.0. The van der Waals surface area contributed by atoms with Gasteiger partial charge in [-0.1, -0.05) is 42.5 Å². The van der Waals surface area contributed by atoms with Crippen molar-refractivity contribution in [1.82, 2.24) is 0 Å². The first-order valence-corrected chi connectivity index (χ1v) is 12.3. The van der Waals surface area contributed by atoms with Gasteiger partial charge >= 0.3 is 0 Å². The van der Waals surface area contributed by atoms with Gasteiger partial charge in [-0.15, -0.1) is 0 Å². The van der Waals surface area contributed by atoms with Gasteiger partial charge in [-0.25, -0.2) is 4.99 Å². The topological polar surface area (TPSA) is 21.6 Å². The van der Waals surface area contributed by atoms with Gasteiger partial charge in [0.05, 0.1) is 5.71 Å². The number of nitrogens with zero attached hydrogens (tertiary/aromatic N) is 1. The first kappa shape index (κ1) is 16.7. The number of para-hydroxylation sites is 2. The smallest absolute Gasteiger partial charge is 0.242 e. The minimum atomic E-state index is -1.69. The molecule has 0 aliphatic heterocycles. The van der Waals surface area contributed by atoms with Crippen molar-refractivity contribution in [3.05, 3.63) is 82.6 Å². The summed E-state index contributed by atoms with van der Waals surface area (Å²) in [6, 6.07) is 20.4. The number of aliphatic imine (C=N–C) groups is 1. The van der Waals surface area contributed by atoms with E-state index in [-0.39, 0.29) is 0 Å². The molecule has 1 aromatic heterocycles. The van der Waals surface area contributed by atoms with Gasteiger partial charge in [0.15, 0.2) is 0 Å². The summed E-state index contributed by atoms with van der Waals surface area (Å²) in [4.78, 5) is 4.98. The first-order valence-electron chi connectivity index (χ1n) is 7.98. The zero-order valence-electron chi connectivity index (χ0n) is 14.2. The monoisotopic (exact) mass is 351 g/mol. The molecule has 0 saturated carbocycles. The van der Waals surface area contributed by atoms with E-state index in [9.17, 15) is 0 Å². The summed E-state index contributed by atoms with van der Waals surface area (Å²) in [5.74, 6) is 0.861. The van der Waals surface area contributed by atoms with E-state index in [1.165, 1.54) is 0 Å². The molecular weight excluding hydrogens is 330 g/mol. The van der Waals surface area contributed by atoms with Crippen LogP contribution in [0.1, 0.15) is 11.1 Å². The van der Waals surface area contributed by atoms with Crippen molar-refractivity contribution in [2.75, 3.05) is 0 Å². The maximum atomic E-state index is 6.22. The fourth-order valence-corrected chi connectivity index (χ4v) is 3.85. The third-order valence-corrected chi connectivity index (χ3v) is 4.87. The van der Waals surface area contributed by atoms with Gasteiger partial charge in [0, 0.05) is 16.5 Å². The lowest BCUT2D eigenvalue weighted by atomic mass is 10.1. The van der Waals surface area contributed by atoms with E-state index in [1.807, 2.05) is 42.5 Å². The molecule has 24 heavy (non-hydrogen) atoms. The molecule has 0 spiro atoms. The molecule has 0 saturated heterocycles. The minimum absolute atomic E-state index is 0.861. The molecule has 0 fully saturated rings. The lowest BCUT2D eigenvalue weighted by Gasteiger charge is -2.20. The van der Waals surface area contributed by atoms with Gasteiger partial charge in [-0.3, -0.25) is 0 Å². The van der Waals surface area contributed by atoms with E-state index in [2.05, 4.69) is 48.6 Å². The fourth-order valence-electron chi connectivity index (χ4n) is 2.38. The summed E-state index contributed by atoms with van der Waals surface area (Å²) in [6.45, 7) is 6.55. The van der Waals surface area contributed by atoms with Crippen molar-refractivity contribution in [2.45, 2.75) is 19.6 Å². The van der Waals surface area contributed by atoms with Crippen molar-refractivity contribution in [2.24, 2.45) is 4.99 Å². The molecule has 0 N–H and O–H groups in total. The lowest BCUT2D eigenvalue weighted by molar-refractivity contribution is 0.559. The third-order valence-electron chi connectivity index (χ3n) is 3.36. The van der Waals surface area contributed by atoms with Crippen LogP contribution >= 0.6 is 11.3 Å². The van der Waals surface area contributed by atoms with Crippen LogP contribution in [0.25, 0.3) is 0 Å². The summed E-state index contributed by atoms with van der Waals surface area (Å²) in [7, 11) is -1.69. The first-order chi connectivity index (χ1) is 11.5. The number of benzene rings is 2. The molecule has 0 aliphatic carbocycles. The number of thiophene rings is 1. The number of rotatable bonds is 5. The summed E-state index contributed by atoms with van der Waals surface area (Å²) in [5, 5.41) is 4.21. The van der Waals surface area contributed by atoms with Gasteiger partial charge < -0.3 is 4.43 Å². The lowest BCUT2D eigenvalue weighted by Crippen LogP contribution is -2.29. The Bertz CT molecular complexity index is 820. The summed E-state index contributed by atoms with van der Waals surface area (Å²) >= 11 is 1.68. The zero-order chi connectivity index (χ0) is 17.0. The molecule has 0 aliphatic rings. The van der Waals surface area contributed by atoms with E-state index < -0.39 is 8.32 Å². The molecule has 2 aromatic carbocycles. The number of hydrogen-bond donors (Lipinski definition) is 0. The molecule has 0 bridgehead atoms. The molecular formula is C20H21NOSSi. The molecule has 3 rings (SSSR count). The Morgan fingerprint density at radius 3 is 2.25 bits per heavy atom. The maximum absolute atomic E-state index is 6.22. The Balaban J connectivity index is 2.10. The maximum Gasteiger partial charge on any atom is 0.242 e. The van der Waals surface area contributed by atoms with E-state index in [1.54, 1.807) is 11.3 Å². The summed E-state index contributed by atoms with van der Waals surface area (Å²) in [5.41, 5.74) is 4.10. The van der Waals surface area contributed by atoms with Crippen LogP contribution in [0, 0.1) is 0 Å². The van der Waals surface area contributed by atoms with Crippen LogP contribution in [0.5, 0.6) is 5.75 Å². The molecule has 0 unspecified atom stereocenters. The highest BCUT2D eigenvalue weighted by Crippen LogP contribution is 2.31. The van der Waals surface area contributed by atoms with Gasteiger partial charge in [-0.05, 0) is 43.2 Å². The van der Waals surface area contributed by atoms with E-state index in [4.69, 9.17) is 9.42 Å². The molecule has 3 aromatic rings. The molecule has 1 heterocycles. The van der Waals surface area contributed by atoms with Crippen molar-refractivity contribution >= 4 is 31.1 Å². The summed E-state index contributed by atoms with van der Waals surface area (Å²) in [6.07, 6.45) is 0. The molecule has 0 radical (unpaired) electrons. The second kappa shape index (κ2) is 7.15. The van der Waals surface area contributed by atoms with E-state index in [0.717, 1.165) is 28.3 Å². The van der Waals surface area contributed by atoms with Crippen LogP contribution in [0.3, 0.4) is 0 Å². The van der Waals surface area contributed by atoms with Crippen LogP contribution in [-0.4, -0.2) is 14.0 Å². The quantitative estimate of drug-likeness (QED) is 0.400. The Morgan fingerprint density at radius 2 is 1.58 bits per heavy atom. The molecule has 2 nitrogen and oxygen atoms in total.